The lowest BCUT2D eigenvalue weighted by Gasteiger charge is -2.24. The predicted octanol–water partition coefficient (Wildman–Crippen LogP) is 3.13. The van der Waals surface area contributed by atoms with Crippen LogP contribution in [0, 0.1) is 0 Å². The van der Waals surface area contributed by atoms with Crippen molar-refractivity contribution < 1.29 is 27.6 Å². The molecule has 0 spiro atoms. The zero-order valence-electron chi connectivity index (χ0n) is 18.0. The molecule has 2 aliphatic rings. The van der Waals surface area contributed by atoms with Crippen LogP contribution < -0.4 is 10.6 Å². The summed E-state index contributed by atoms with van der Waals surface area (Å²) in [5, 5.41) is 5.48. The number of halogens is 3. The van der Waals surface area contributed by atoms with Crippen molar-refractivity contribution in [2.24, 2.45) is 0 Å². The van der Waals surface area contributed by atoms with Gasteiger partial charge in [-0.05, 0) is 41.8 Å². The Bertz CT molecular complexity index is 1330. The molecule has 35 heavy (non-hydrogen) atoms. The molecule has 0 bridgehead atoms. The summed E-state index contributed by atoms with van der Waals surface area (Å²) in [4.78, 5) is 48.1. The summed E-state index contributed by atoms with van der Waals surface area (Å²) in [6.07, 6.45) is -0.0597. The molecule has 2 atom stereocenters. The third kappa shape index (κ3) is 4.20. The van der Waals surface area contributed by atoms with E-state index < -0.39 is 41.5 Å². The Morgan fingerprint density at radius 1 is 1.09 bits per heavy atom. The number of rotatable bonds is 3. The maximum absolute atomic E-state index is 13.4. The summed E-state index contributed by atoms with van der Waals surface area (Å²) in [5.41, 5.74) is 0.396. The number of benzene rings is 2. The second-order valence-electron chi connectivity index (χ2n) is 8.23. The highest BCUT2D eigenvalue weighted by atomic mass is 19.4. The predicted molar refractivity (Wildman–Crippen MR) is 118 cm³/mol. The number of hydrogen-bond acceptors (Lipinski definition) is 5. The number of nitrogens with one attached hydrogen (secondary N) is 2. The van der Waals surface area contributed by atoms with Gasteiger partial charge >= 0.3 is 6.18 Å². The van der Waals surface area contributed by atoms with Gasteiger partial charge in [0.25, 0.3) is 11.8 Å². The van der Waals surface area contributed by atoms with Crippen LogP contribution >= 0.6 is 0 Å². The topological polar surface area (TPSA) is 104 Å². The van der Waals surface area contributed by atoms with Crippen LogP contribution in [0.4, 0.5) is 18.9 Å². The number of nitrogens with zero attached hydrogens (tertiary/aromatic N) is 3. The van der Waals surface area contributed by atoms with E-state index in [1.54, 1.807) is 6.07 Å². The van der Waals surface area contributed by atoms with Gasteiger partial charge in [-0.25, -0.2) is 4.98 Å². The molecule has 11 heteroatoms. The molecular weight excluding hydrogens is 463 g/mol. The van der Waals surface area contributed by atoms with Crippen molar-refractivity contribution >= 4 is 23.4 Å². The smallest absolute Gasteiger partial charge is 0.345 e. The van der Waals surface area contributed by atoms with E-state index in [0.29, 0.717) is 12.0 Å². The Hall–Kier alpha value is -4.28. The van der Waals surface area contributed by atoms with Gasteiger partial charge < -0.3 is 15.5 Å². The minimum absolute atomic E-state index is 0.0836. The van der Waals surface area contributed by atoms with Gasteiger partial charge in [-0.3, -0.25) is 19.4 Å². The lowest BCUT2D eigenvalue weighted by atomic mass is 9.99. The SMILES string of the molecule is O=C(NC1CCN2C(=O)c3cc(-c4cccc(C(F)(F)F)c4)ccc3NC(=O)C12)c1cnccn1. The van der Waals surface area contributed by atoms with Crippen LogP contribution in [0.5, 0.6) is 0 Å². The van der Waals surface area contributed by atoms with Crippen molar-refractivity contribution in [2.75, 3.05) is 11.9 Å². The Labute approximate surface area is 197 Å². The fourth-order valence-electron chi connectivity index (χ4n) is 4.40. The van der Waals surface area contributed by atoms with Crippen LogP contribution in [-0.4, -0.2) is 51.2 Å². The normalized spacial score (nSPS) is 19.5. The minimum atomic E-state index is -4.50. The van der Waals surface area contributed by atoms with Gasteiger partial charge in [-0.1, -0.05) is 18.2 Å². The van der Waals surface area contributed by atoms with Gasteiger partial charge in [0.1, 0.15) is 11.7 Å². The van der Waals surface area contributed by atoms with Crippen molar-refractivity contribution in [3.05, 3.63) is 77.9 Å². The first kappa shape index (κ1) is 22.5. The van der Waals surface area contributed by atoms with E-state index in [-0.39, 0.29) is 29.1 Å². The molecule has 5 rings (SSSR count). The highest BCUT2D eigenvalue weighted by Crippen LogP contribution is 2.35. The molecule has 1 saturated heterocycles. The van der Waals surface area contributed by atoms with Crippen LogP contribution in [-0.2, 0) is 11.0 Å². The van der Waals surface area contributed by atoms with E-state index in [1.807, 2.05) is 0 Å². The minimum Gasteiger partial charge on any atom is -0.345 e. The monoisotopic (exact) mass is 481 g/mol. The van der Waals surface area contributed by atoms with Crippen LogP contribution in [0.2, 0.25) is 0 Å². The number of aromatic nitrogens is 2. The maximum atomic E-state index is 13.4. The van der Waals surface area contributed by atoms with E-state index in [2.05, 4.69) is 20.6 Å². The zero-order chi connectivity index (χ0) is 24.7. The molecule has 0 saturated carbocycles. The van der Waals surface area contributed by atoms with Crippen LogP contribution in [0.3, 0.4) is 0 Å². The lowest BCUT2D eigenvalue weighted by Crippen LogP contribution is -2.51. The molecule has 3 aromatic rings. The average molecular weight is 481 g/mol. The summed E-state index contributed by atoms with van der Waals surface area (Å²) < 4.78 is 39.5. The van der Waals surface area contributed by atoms with Crippen LogP contribution in [0.25, 0.3) is 11.1 Å². The number of amides is 3. The molecule has 2 N–H and O–H groups in total. The summed E-state index contributed by atoms with van der Waals surface area (Å²) in [7, 11) is 0. The van der Waals surface area contributed by atoms with E-state index in [9.17, 15) is 27.6 Å². The lowest BCUT2D eigenvalue weighted by molar-refractivity contribution is -0.137. The van der Waals surface area contributed by atoms with Gasteiger partial charge in [0.05, 0.1) is 29.1 Å². The number of fused-ring (bicyclic) bond motifs is 2. The second kappa shape index (κ2) is 8.49. The van der Waals surface area contributed by atoms with Crippen molar-refractivity contribution in [3.8, 4) is 11.1 Å². The number of anilines is 1. The Morgan fingerprint density at radius 2 is 1.89 bits per heavy atom. The average Bonchev–Trinajstić information content (AvgIpc) is 3.23. The van der Waals surface area contributed by atoms with E-state index in [1.165, 1.54) is 47.8 Å². The van der Waals surface area contributed by atoms with Crippen molar-refractivity contribution in [1.82, 2.24) is 20.2 Å². The van der Waals surface area contributed by atoms with Gasteiger partial charge in [0, 0.05) is 18.9 Å². The Balaban J connectivity index is 1.43. The molecule has 0 radical (unpaired) electrons. The Morgan fingerprint density at radius 3 is 2.63 bits per heavy atom. The van der Waals surface area contributed by atoms with Crippen molar-refractivity contribution in [3.63, 3.8) is 0 Å². The van der Waals surface area contributed by atoms with Gasteiger partial charge in [-0.2, -0.15) is 13.2 Å². The molecule has 2 unspecified atom stereocenters. The maximum Gasteiger partial charge on any atom is 0.416 e. The second-order valence-corrected chi connectivity index (χ2v) is 8.23. The third-order valence-corrected chi connectivity index (χ3v) is 6.07. The van der Waals surface area contributed by atoms with Gasteiger partial charge in [0.15, 0.2) is 0 Å². The van der Waals surface area contributed by atoms with E-state index in [0.717, 1.165) is 12.1 Å². The highest BCUT2D eigenvalue weighted by molar-refractivity contribution is 6.11. The highest BCUT2D eigenvalue weighted by Gasteiger charge is 2.45. The summed E-state index contributed by atoms with van der Waals surface area (Å²) in [6.45, 7) is 0.218. The first-order valence-corrected chi connectivity index (χ1v) is 10.7. The number of carbonyl (C=O) groups excluding carboxylic acids is 3. The van der Waals surface area contributed by atoms with E-state index >= 15 is 0 Å². The first-order valence-electron chi connectivity index (χ1n) is 10.7. The van der Waals surface area contributed by atoms with Crippen molar-refractivity contribution in [1.29, 1.82) is 0 Å². The number of alkyl halides is 3. The molecule has 3 amide bonds. The molecule has 2 aromatic carbocycles. The molecule has 1 fully saturated rings. The molecular formula is C24H18F3N5O3. The summed E-state index contributed by atoms with van der Waals surface area (Å²) >= 11 is 0. The third-order valence-electron chi connectivity index (χ3n) is 6.07. The molecule has 8 nitrogen and oxygen atoms in total. The standard InChI is InChI=1S/C24H18F3N5O3/c25-24(26,27)15-3-1-2-13(10-15)14-4-5-17-16(11-14)23(35)32-9-6-18(20(32)22(34)30-17)31-21(33)19-12-28-7-8-29-19/h1-5,7-8,10-12,18,20H,6,9H2,(H,30,34)(H,31,33). The van der Waals surface area contributed by atoms with Crippen LogP contribution in [0.1, 0.15) is 32.8 Å². The number of hydrogen-bond donors (Lipinski definition) is 2. The fraction of sp³-hybridized carbons (Fsp3) is 0.208. The largest absolute Gasteiger partial charge is 0.416 e. The van der Waals surface area contributed by atoms with E-state index in [4.69, 9.17) is 0 Å². The number of carbonyl (C=O) groups is 3. The van der Waals surface area contributed by atoms with Crippen LogP contribution in [0.15, 0.2) is 61.1 Å². The molecule has 3 heterocycles. The Kier molecular flexibility index (Phi) is 5.46. The van der Waals surface area contributed by atoms with Crippen molar-refractivity contribution in [2.45, 2.75) is 24.7 Å². The molecule has 0 aliphatic carbocycles. The fourth-order valence-corrected chi connectivity index (χ4v) is 4.40. The molecule has 2 aliphatic heterocycles. The summed E-state index contributed by atoms with van der Waals surface area (Å²) in [5.74, 6) is -1.43. The van der Waals surface area contributed by atoms with Gasteiger partial charge in [-0.15, -0.1) is 0 Å². The first-order chi connectivity index (χ1) is 16.7. The summed E-state index contributed by atoms with van der Waals surface area (Å²) in [6, 6.07) is 7.73. The zero-order valence-corrected chi connectivity index (χ0v) is 18.0. The van der Waals surface area contributed by atoms with Gasteiger partial charge in [0.2, 0.25) is 5.91 Å². The molecule has 1 aromatic heterocycles. The quantitative estimate of drug-likeness (QED) is 0.598. The molecule has 178 valence electrons.